The summed E-state index contributed by atoms with van der Waals surface area (Å²) in [5, 5.41) is 3.87. The molecule has 3 aliphatic heterocycles. The van der Waals surface area contributed by atoms with Crippen LogP contribution < -0.4 is 0 Å². The molecule has 1 aromatic heterocycles. The van der Waals surface area contributed by atoms with E-state index < -0.39 is 5.41 Å². The van der Waals surface area contributed by atoms with Crippen molar-refractivity contribution >= 4 is 11.9 Å². The molecule has 1 unspecified atom stereocenters. The van der Waals surface area contributed by atoms with E-state index in [1.165, 1.54) is 12.8 Å². The molecule has 0 aromatic carbocycles. The summed E-state index contributed by atoms with van der Waals surface area (Å²) in [5.74, 6) is 0.445. The molecule has 0 radical (unpaired) electrons. The largest absolute Gasteiger partial charge is 0.461 e. The van der Waals surface area contributed by atoms with Crippen LogP contribution in [0.2, 0.25) is 0 Å². The van der Waals surface area contributed by atoms with Crippen LogP contribution in [0.15, 0.2) is 4.52 Å². The van der Waals surface area contributed by atoms with Gasteiger partial charge in [0, 0.05) is 26.1 Å². The van der Waals surface area contributed by atoms with E-state index >= 15 is 0 Å². The maximum absolute atomic E-state index is 12.8. The zero-order valence-corrected chi connectivity index (χ0v) is 15.6. The smallest absolute Gasteiger partial charge is 0.312 e. The highest BCUT2D eigenvalue weighted by Crippen LogP contribution is 2.43. The number of esters is 1. The fourth-order valence-corrected chi connectivity index (χ4v) is 4.68. The molecular formula is C19H27N3O4. The molecule has 26 heavy (non-hydrogen) atoms. The number of nitrogens with zero attached hydrogens (tertiary/aromatic N) is 3. The molecule has 0 bridgehead atoms. The molecule has 142 valence electrons. The Morgan fingerprint density at radius 3 is 2.50 bits per heavy atom. The van der Waals surface area contributed by atoms with Gasteiger partial charge in [-0.15, -0.1) is 0 Å². The lowest BCUT2D eigenvalue weighted by molar-refractivity contribution is -0.150. The molecule has 1 aromatic rings. The minimum absolute atomic E-state index is 0.00501. The van der Waals surface area contributed by atoms with E-state index in [4.69, 9.17) is 9.26 Å². The second kappa shape index (κ2) is 6.68. The van der Waals surface area contributed by atoms with Crippen molar-refractivity contribution in [3.63, 3.8) is 0 Å². The minimum atomic E-state index is -0.403. The van der Waals surface area contributed by atoms with Crippen LogP contribution in [0.25, 0.3) is 0 Å². The number of likely N-dealkylation sites (tertiary alicyclic amines) is 2. The SMILES string of the molecule is Cc1noc(C)c1C(=O)N1CCC2(CC1)CC(CN1CCCC1)OC2=O. The Bertz CT molecular complexity index is 680. The zero-order chi connectivity index (χ0) is 18.3. The molecule has 7 heteroatoms. The molecule has 3 saturated heterocycles. The lowest BCUT2D eigenvalue weighted by Gasteiger charge is -2.36. The normalized spacial score (nSPS) is 25.8. The topological polar surface area (TPSA) is 75.9 Å². The van der Waals surface area contributed by atoms with Crippen molar-refractivity contribution in [2.45, 2.75) is 52.1 Å². The first kappa shape index (κ1) is 17.5. The van der Waals surface area contributed by atoms with Gasteiger partial charge in [0.05, 0.1) is 11.1 Å². The Morgan fingerprint density at radius 2 is 1.88 bits per heavy atom. The molecule has 1 spiro atoms. The van der Waals surface area contributed by atoms with Crippen LogP contribution in [0.1, 0.15) is 53.9 Å². The van der Waals surface area contributed by atoms with E-state index in [1.807, 2.05) is 4.90 Å². The fraction of sp³-hybridized carbons (Fsp3) is 0.737. The number of aromatic nitrogens is 1. The highest BCUT2D eigenvalue weighted by molar-refractivity contribution is 5.96. The number of piperidine rings is 1. The van der Waals surface area contributed by atoms with Gasteiger partial charge in [0.15, 0.2) is 0 Å². The van der Waals surface area contributed by atoms with Crippen molar-refractivity contribution in [2.75, 3.05) is 32.7 Å². The Balaban J connectivity index is 1.38. The van der Waals surface area contributed by atoms with E-state index in [9.17, 15) is 9.59 Å². The average Bonchev–Trinajstić information content (AvgIpc) is 3.31. The first-order valence-corrected chi connectivity index (χ1v) is 9.64. The van der Waals surface area contributed by atoms with Crippen molar-refractivity contribution in [2.24, 2.45) is 5.41 Å². The van der Waals surface area contributed by atoms with Gasteiger partial charge in [-0.25, -0.2) is 0 Å². The number of carbonyl (C=O) groups is 2. The summed E-state index contributed by atoms with van der Waals surface area (Å²) in [4.78, 5) is 29.6. The number of carbonyl (C=O) groups excluding carboxylic acids is 2. The van der Waals surface area contributed by atoms with Crippen molar-refractivity contribution in [1.82, 2.24) is 15.0 Å². The number of aryl methyl sites for hydroxylation is 2. The Kier molecular flexibility index (Phi) is 4.50. The van der Waals surface area contributed by atoms with E-state index in [1.54, 1.807) is 13.8 Å². The second-order valence-corrected chi connectivity index (χ2v) is 8.01. The van der Waals surface area contributed by atoms with Gasteiger partial charge >= 0.3 is 5.97 Å². The third-order valence-corrected chi connectivity index (χ3v) is 6.24. The maximum Gasteiger partial charge on any atom is 0.312 e. The average molecular weight is 361 g/mol. The molecule has 1 atom stereocenters. The van der Waals surface area contributed by atoms with Crippen molar-refractivity contribution in [1.29, 1.82) is 0 Å². The number of hydrogen-bond acceptors (Lipinski definition) is 6. The third kappa shape index (κ3) is 3.02. The number of ether oxygens (including phenoxy) is 1. The van der Waals surface area contributed by atoms with Crippen LogP contribution in [0.3, 0.4) is 0 Å². The summed E-state index contributed by atoms with van der Waals surface area (Å²) < 4.78 is 10.8. The summed E-state index contributed by atoms with van der Waals surface area (Å²) in [5.41, 5.74) is 0.778. The monoisotopic (exact) mass is 361 g/mol. The first-order valence-electron chi connectivity index (χ1n) is 9.64. The van der Waals surface area contributed by atoms with Crippen LogP contribution in [-0.4, -0.2) is 65.7 Å². The van der Waals surface area contributed by atoms with Gasteiger partial charge in [-0.1, -0.05) is 5.16 Å². The predicted molar refractivity (Wildman–Crippen MR) is 93.7 cm³/mol. The van der Waals surface area contributed by atoms with Gasteiger partial charge in [-0.3, -0.25) is 14.5 Å². The van der Waals surface area contributed by atoms with Crippen molar-refractivity contribution in [3.8, 4) is 0 Å². The summed E-state index contributed by atoms with van der Waals surface area (Å²) in [7, 11) is 0. The Labute approximate surface area is 153 Å². The molecule has 3 fully saturated rings. The number of cyclic esters (lactones) is 1. The molecule has 0 aliphatic carbocycles. The van der Waals surface area contributed by atoms with Gasteiger partial charge < -0.3 is 14.2 Å². The van der Waals surface area contributed by atoms with Gasteiger partial charge in [0.1, 0.15) is 17.4 Å². The fourth-order valence-electron chi connectivity index (χ4n) is 4.68. The van der Waals surface area contributed by atoms with Crippen LogP contribution >= 0.6 is 0 Å². The maximum atomic E-state index is 12.8. The van der Waals surface area contributed by atoms with E-state index in [-0.39, 0.29) is 18.0 Å². The van der Waals surface area contributed by atoms with E-state index in [0.717, 1.165) is 26.1 Å². The number of rotatable bonds is 3. The van der Waals surface area contributed by atoms with Crippen molar-refractivity contribution < 1.29 is 18.8 Å². The quantitative estimate of drug-likeness (QED) is 0.766. The number of hydrogen-bond donors (Lipinski definition) is 0. The van der Waals surface area contributed by atoms with Gasteiger partial charge in [-0.2, -0.15) is 0 Å². The summed E-state index contributed by atoms with van der Waals surface area (Å²) >= 11 is 0. The third-order valence-electron chi connectivity index (χ3n) is 6.24. The van der Waals surface area contributed by atoms with E-state index in [0.29, 0.717) is 42.9 Å². The van der Waals surface area contributed by atoms with Crippen LogP contribution in [-0.2, 0) is 9.53 Å². The van der Waals surface area contributed by atoms with Gasteiger partial charge in [-0.05, 0) is 52.6 Å². The summed E-state index contributed by atoms with van der Waals surface area (Å²) in [6.45, 7) is 7.78. The lowest BCUT2D eigenvalue weighted by atomic mass is 9.76. The zero-order valence-electron chi connectivity index (χ0n) is 15.6. The highest BCUT2D eigenvalue weighted by atomic mass is 16.6. The summed E-state index contributed by atoms with van der Waals surface area (Å²) in [6.07, 6.45) is 4.63. The molecule has 4 rings (SSSR count). The van der Waals surface area contributed by atoms with Crippen LogP contribution in [0.5, 0.6) is 0 Å². The van der Waals surface area contributed by atoms with Crippen LogP contribution in [0, 0.1) is 19.3 Å². The van der Waals surface area contributed by atoms with Crippen LogP contribution in [0.4, 0.5) is 0 Å². The molecule has 1 amide bonds. The highest BCUT2D eigenvalue weighted by Gasteiger charge is 2.51. The first-order chi connectivity index (χ1) is 12.5. The van der Waals surface area contributed by atoms with Crippen molar-refractivity contribution in [3.05, 3.63) is 17.0 Å². The molecule has 4 heterocycles. The van der Waals surface area contributed by atoms with Gasteiger partial charge in [0.2, 0.25) is 0 Å². The predicted octanol–water partition coefficient (Wildman–Crippen LogP) is 1.93. The Morgan fingerprint density at radius 1 is 1.19 bits per heavy atom. The molecule has 3 aliphatic rings. The molecule has 0 N–H and O–H groups in total. The second-order valence-electron chi connectivity index (χ2n) is 8.01. The molecule has 7 nitrogen and oxygen atoms in total. The van der Waals surface area contributed by atoms with E-state index in [2.05, 4.69) is 10.1 Å². The Hall–Kier alpha value is -1.89. The molecule has 0 saturated carbocycles. The number of amides is 1. The standard InChI is InChI=1S/C19H27N3O4/c1-13-16(14(2)26-20-13)17(23)22-9-5-19(6-10-22)11-15(25-18(19)24)12-21-7-3-4-8-21/h15H,3-12H2,1-2H3. The van der Waals surface area contributed by atoms with Gasteiger partial charge in [0.25, 0.3) is 5.91 Å². The molecular weight excluding hydrogens is 334 g/mol. The minimum Gasteiger partial charge on any atom is -0.461 e. The lowest BCUT2D eigenvalue weighted by Crippen LogP contribution is -2.45. The summed E-state index contributed by atoms with van der Waals surface area (Å²) in [6, 6.07) is 0.